The molecule has 0 radical (unpaired) electrons. The van der Waals surface area contributed by atoms with E-state index in [9.17, 15) is 0 Å². The first kappa shape index (κ1) is 17.3. The van der Waals surface area contributed by atoms with Crippen LogP contribution >= 0.6 is 11.8 Å². The second kappa shape index (κ2) is 8.57. The van der Waals surface area contributed by atoms with E-state index in [1.807, 2.05) is 0 Å². The molecule has 0 atom stereocenters. The molecule has 2 rings (SSSR count). The van der Waals surface area contributed by atoms with E-state index in [0.29, 0.717) is 11.2 Å². The summed E-state index contributed by atoms with van der Waals surface area (Å²) in [5.41, 5.74) is 5.12. The van der Waals surface area contributed by atoms with E-state index in [0.717, 1.165) is 23.8 Å². The molecule has 0 aliphatic carbocycles. The Morgan fingerprint density at radius 1 is 1.26 bits per heavy atom. The molecule has 0 bridgehead atoms. The number of benzene rings is 1. The Morgan fingerprint density at radius 2 is 1.96 bits per heavy atom. The van der Waals surface area contributed by atoms with Gasteiger partial charge in [0.05, 0.1) is 6.21 Å². The summed E-state index contributed by atoms with van der Waals surface area (Å²) in [6.45, 7) is 10.5. The normalized spacial score (nSPS) is 11.3. The van der Waals surface area contributed by atoms with E-state index in [2.05, 4.69) is 82.6 Å². The number of anilines is 2. The zero-order chi connectivity index (χ0) is 16.7. The molecule has 1 aromatic carbocycles. The Hall–Kier alpha value is -2.02. The molecule has 23 heavy (non-hydrogen) atoms. The summed E-state index contributed by atoms with van der Waals surface area (Å²) in [6, 6.07) is 8.33. The van der Waals surface area contributed by atoms with Crippen molar-refractivity contribution < 1.29 is 0 Å². The standard InChI is InChI=1S/C16H24N6S/c1-5-22(6-2)14-9-7-13(8-10-14)11-17-19-15-18-16(21-20-15)23-12(3)4/h7-12H,5-6H2,1-4H3,(H2,18,19,20,21)/b17-11-. The van der Waals surface area contributed by atoms with Crippen LogP contribution in [0, 0.1) is 0 Å². The fourth-order valence-corrected chi connectivity index (χ4v) is 2.75. The molecule has 1 aromatic heterocycles. The molecule has 0 aliphatic heterocycles. The van der Waals surface area contributed by atoms with Crippen molar-refractivity contribution in [3.63, 3.8) is 0 Å². The summed E-state index contributed by atoms with van der Waals surface area (Å²) in [4.78, 5) is 6.61. The van der Waals surface area contributed by atoms with Crippen molar-refractivity contribution >= 4 is 29.6 Å². The monoisotopic (exact) mass is 332 g/mol. The van der Waals surface area contributed by atoms with Gasteiger partial charge < -0.3 is 4.90 Å². The predicted octanol–water partition coefficient (Wildman–Crippen LogP) is 3.60. The summed E-state index contributed by atoms with van der Waals surface area (Å²) < 4.78 is 0. The van der Waals surface area contributed by atoms with Crippen molar-refractivity contribution in [1.29, 1.82) is 0 Å². The molecule has 0 amide bonds. The maximum absolute atomic E-state index is 4.31. The molecule has 7 heteroatoms. The highest BCUT2D eigenvalue weighted by atomic mass is 32.2. The number of nitrogens with one attached hydrogen (secondary N) is 2. The molecule has 2 aromatic rings. The van der Waals surface area contributed by atoms with Gasteiger partial charge in [-0.2, -0.15) is 10.1 Å². The molecule has 0 aliphatic rings. The molecule has 0 saturated carbocycles. The quantitative estimate of drug-likeness (QED) is 0.439. The number of hydrazone groups is 1. The van der Waals surface area contributed by atoms with Crippen molar-refractivity contribution in [3.8, 4) is 0 Å². The average molecular weight is 332 g/mol. The summed E-state index contributed by atoms with van der Waals surface area (Å²) in [5, 5.41) is 12.3. The SMILES string of the molecule is CCN(CC)c1ccc(/C=N\Nc2nc(SC(C)C)n[nH]2)cc1. The second-order valence-corrected chi connectivity index (χ2v) is 6.81. The van der Waals surface area contributed by atoms with Crippen LogP contribution in [-0.2, 0) is 0 Å². The molecular weight excluding hydrogens is 308 g/mol. The van der Waals surface area contributed by atoms with Crippen LogP contribution in [0.4, 0.5) is 11.6 Å². The van der Waals surface area contributed by atoms with Crippen LogP contribution in [0.3, 0.4) is 0 Å². The first-order valence-corrected chi connectivity index (χ1v) is 8.73. The lowest BCUT2D eigenvalue weighted by molar-refractivity contribution is 0.866. The maximum atomic E-state index is 4.31. The van der Waals surface area contributed by atoms with Gasteiger partial charge in [0.25, 0.3) is 0 Å². The van der Waals surface area contributed by atoms with Gasteiger partial charge in [0.2, 0.25) is 11.1 Å². The van der Waals surface area contributed by atoms with E-state index in [-0.39, 0.29) is 0 Å². The first-order chi connectivity index (χ1) is 11.1. The van der Waals surface area contributed by atoms with Crippen LogP contribution in [0.15, 0.2) is 34.5 Å². The summed E-state index contributed by atoms with van der Waals surface area (Å²) in [6.07, 6.45) is 1.77. The van der Waals surface area contributed by atoms with Gasteiger partial charge >= 0.3 is 0 Å². The number of aromatic nitrogens is 3. The minimum Gasteiger partial charge on any atom is -0.372 e. The van der Waals surface area contributed by atoms with Crippen molar-refractivity contribution in [2.75, 3.05) is 23.4 Å². The van der Waals surface area contributed by atoms with Crippen molar-refractivity contribution in [2.24, 2.45) is 5.10 Å². The fourth-order valence-electron chi connectivity index (χ4n) is 2.09. The van der Waals surface area contributed by atoms with Crippen molar-refractivity contribution in [1.82, 2.24) is 15.2 Å². The Morgan fingerprint density at radius 3 is 2.57 bits per heavy atom. The van der Waals surface area contributed by atoms with Gasteiger partial charge in [-0.05, 0) is 31.5 Å². The molecule has 0 fully saturated rings. The number of thioether (sulfide) groups is 1. The molecule has 0 saturated heterocycles. The summed E-state index contributed by atoms with van der Waals surface area (Å²) in [7, 11) is 0. The third kappa shape index (κ3) is 5.28. The van der Waals surface area contributed by atoms with Gasteiger partial charge in [0, 0.05) is 24.0 Å². The maximum Gasteiger partial charge on any atom is 0.240 e. The van der Waals surface area contributed by atoms with Crippen LogP contribution in [0.5, 0.6) is 0 Å². The van der Waals surface area contributed by atoms with E-state index in [1.54, 1.807) is 18.0 Å². The van der Waals surface area contributed by atoms with Crippen LogP contribution in [0.25, 0.3) is 0 Å². The first-order valence-electron chi connectivity index (χ1n) is 7.85. The van der Waals surface area contributed by atoms with Gasteiger partial charge in [-0.3, -0.25) is 0 Å². The Labute approximate surface area is 141 Å². The van der Waals surface area contributed by atoms with Gasteiger partial charge in [0.15, 0.2) is 0 Å². The zero-order valence-electron chi connectivity index (χ0n) is 14.1. The molecule has 124 valence electrons. The van der Waals surface area contributed by atoms with E-state index >= 15 is 0 Å². The molecule has 2 N–H and O–H groups in total. The summed E-state index contributed by atoms with van der Waals surface area (Å²) >= 11 is 1.61. The zero-order valence-corrected chi connectivity index (χ0v) is 14.9. The highest BCUT2D eigenvalue weighted by Crippen LogP contribution is 2.19. The van der Waals surface area contributed by atoms with E-state index < -0.39 is 0 Å². The van der Waals surface area contributed by atoms with Crippen molar-refractivity contribution in [3.05, 3.63) is 29.8 Å². The van der Waals surface area contributed by atoms with Gasteiger partial charge in [-0.25, -0.2) is 10.5 Å². The largest absolute Gasteiger partial charge is 0.372 e. The molecule has 1 heterocycles. The minimum atomic E-state index is 0.450. The van der Waals surface area contributed by atoms with Crippen LogP contribution in [0.1, 0.15) is 33.3 Å². The smallest absolute Gasteiger partial charge is 0.240 e. The van der Waals surface area contributed by atoms with Crippen LogP contribution in [0.2, 0.25) is 0 Å². The van der Waals surface area contributed by atoms with Crippen molar-refractivity contribution in [2.45, 2.75) is 38.1 Å². The average Bonchev–Trinajstić information content (AvgIpc) is 2.96. The molecule has 6 nitrogen and oxygen atoms in total. The third-order valence-electron chi connectivity index (χ3n) is 3.21. The van der Waals surface area contributed by atoms with Gasteiger partial charge in [-0.15, -0.1) is 5.10 Å². The van der Waals surface area contributed by atoms with Crippen LogP contribution in [-0.4, -0.2) is 39.7 Å². The van der Waals surface area contributed by atoms with E-state index in [4.69, 9.17) is 0 Å². The number of aromatic amines is 1. The lowest BCUT2D eigenvalue weighted by atomic mass is 10.2. The highest BCUT2D eigenvalue weighted by molar-refractivity contribution is 7.99. The number of rotatable bonds is 8. The van der Waals surface area contributed by atoms with Gasteiger partial charge in [0.1, 0.15) is 0 Å². The molecule has 0 spiro atoms. The highest BCUT2D eigenvalue weighted by Gasteiger charge is 2.05. The second-order valence-electron chi connectivity index (χ2n) is 5.27. The Bertz CT molecular complexity index is 616. The van der Waals surface area contributed by atoms with E-state index in [1.165, 1.54) is 5.69 Å². The third-order valence-corrected chi connectivity index (χ3v) is 4.08. The Balaban J connectivity index is 1.91. The number of nitrogens with zero attached hydrogens (tertiary/aromatic N) is 4. The topological polar surface area (TPSA) is 69.2 Å². The minimum absolute atomic E-state index is 0.450. The number of H-pyrrole nitrogens is 1. The fraction of sp³-hybridized carbons (Fsp3) is 0.438. The lowest BCUT2D eigenvalue weighted by Crippen LogP contribution is -2.21. The van der Waals surface area contributed by atoms with Gasteiger partial charge in [-0.1, -0.05) is 37.7 Å². The number of hydrogen-bond acceptors (Lipinski definition) is 6. The molecule has 0 unspecified atom stereocenters. The predicted molar refractivity (Wildman–Crippen MR) is 98.6 cm³/mol. The number of hydrogen-bond donors (Lipinski definition) is 2. The molecular formula is C16H24N6S. The Kier molecular flexibility index (Phi) is 6.46. The summed E-state index contributed by atoms with van der Waals surface area (Å²) in [5.74, 6) is 0.546. The van der Waals surface area contributed by atoms with Crippen LogP contribution < -0.4 is 10.3 Å². The lowest BCUT2D eigenvalue weighted by Gasteiger charge is -2.20.